The zero-order chi connectivity index (χ0) is 17.6. The Balaban J connectivity index is 1.53. The summed E-state index contributed by atoms with van der Waals surface area (Å²) in [5.74, 6) is 0.0946. The molecule has 0 spiro atoms. The Morgan fingerprint density at radius 1 is 1.12 bits per heavy atom. The number of hydrogen-bond acceptors (Lipinski definition) is 2. The van der Waals surface area contributed by atoms with Crippen LogP contribution in [0, 0.1) is 6.92 Å². The minimum Gasteiger partial charge on any atom is -0.351 e. The van der Waals surface area contributed by atoms with Crippen LogP contribution < -0.4 is 5.32 Å². The topological polar surface area (TPSA) is 32.3 Å². The first-order valence-electron chi connectivity index (χ1n) is 8.95. The normalized spacial score (nSPS) is 16.2. The second-order valence-corrected chi connectivity index (χ2v) is 6.72. The first-order valence-corrected chi connectivity index (χ1v) is 8.95. The number of rotatable bonds is 5. The molecule has 0 unspecified atom stereocenters. The van der Waals surface area contributed by atoms with Gasteiger partial charge in [-0.25, -0.2) is 0 Å². The molecule has 0 fully saturated rings. The maximum absolute atomic E-state index is 12.5. The van der Waals surface area contributed by atoms with Crippen molar-refractivity contribution in [2.45, 2.75) is 32.9 Å². The summed E-state index contributed by atoms with van der Waals surface area (Å²) >= 11 is 0. The van der Waals surface area contributed by atoms with Crippen molar-refractivity contribution in [2.24, 2.45) is 0 Å². The van der Waals surface area contributed by atoms with E-state index in [1.165, 1.54) is 16.7 Å². The number of aryl methyl sites for hydroxylation is 1. The molecule has 0 saturated heterocycles. The third-order valence-corrected chi connectivity index (χ3v) is 4.90. The van der Waals surface area contributed by atoms with E-state index in [4.69, 9.17) is 0 Å². The van der Waals surface area contributed by atoms with Gasteiger partial charge in [-0.3, -0.25) is 9.69 Å². The highest BCUT2D eigenvalue weighted by molar-refractivity contribution is 5.81. The number of hydrogen-bond donors (Lipinski definition) is 1. The lowest BCUT2D eigenvalue weighted by molar-refractivity contribution is -0.125. The summed E-state index contributed by atoms with van der Waals surface area (Å²) in [6.07, 6.45) is 3.24. The Hall–Kier alpha value is -2.39. The molecule has 2 aromatic rings. The van der Waals surface area contributed by atoms with E-state index in [9.17, 15) is 4.79 Å². The van der Waals surface area contributed by atoms with Crippen molar-refractivity contribution >= 4 is 11.5 Å². The molecule has 1 aliphatic rings. The summed E-state index contributed by atoms with van der Waals surface area (Å²) in [5, 5.41) is 3.06. The molecule has 3 rings (SSSR count). The highest BCUT2D eigenvalue weighted by Gasteiger charge is 2.23. The van der Waals surface area contributed by atoms with Crippen LogP contribution in [0.3, 0.4) is 0 Å². The van der Waals surface area contributed by atoms with Crippen LogP contribution in [0.4, 0.5) is 0 Å². The van der Waals surface area contributed by atoms with Crippen molar-refractivity contribution in [3.63, 3.8) is 0 Å². The molecule has 1 N–H and O–H groups in total. The Morgan fingerprint density at radius 3 is 2.48 bits per heavy atom. The second kappa shape index (κ2) is 8.13. The van der Waals surface area contributed by atoms with Crippen LogP contribution in [0.5, 0.6) is 0 Å². The van der Waals surface area contributed by atoms with Gasteiger partial charge in [0.05, 0.1) is 6.04 Å². The summed E-state index contributed by atoms with van der Waals surface area (Å²) in [5.41, 5.74) is 5.04. The smallest absolute Gasteiger partial charge is 0.237 e. The summed E-state index contributed by atoms with van der Waals surface area (Å²) in [6.45, 7) is 6.38. The third kappa shape index (κ3) is 4.58. The van der Waals surface area contributed by atoms with E-state index in [-0.39, 0.29) is 11.9 Å². The summed E-state index contributed by atoms with van der Waals surface area (Å²) in [7, 11) is 0. The minimum absolute atomic E-state index is 0.0946. The van der Waals surface area contributed by atoms with Crippen LogP contribution >= 0.6 is 0 Å². The molecule has 1 atom stereocenters. The molecular formula is C22H26N2O. The molecule has 1 amide bonds. The first kappa shape index (κ1) is 17.4. The van der Waals surface area contributed by atoms with Crippen molar-refractivity contribution < 1.29 is 4.79 Å². The van der Waals surface area contributed by atoms with E-state index in [0.29, 0.717) is 6.54 Å². The quantitative estimate of drug-likeness (QED) is 0.902. The summed E-state index contributed by atoms with van der Waals surface area (Å²) < 4.78 is 0. The lowest BCUT2D eigenvalue weighted by atomic mass is 9.99. The van der Waals surface area contributed by atoms with Gasteiger partial charge < -0.3 is 5.32 Å². The van der Waals surface area contributed by atoms with Crippen molar-refractivity contribution in [3.8, 4) is 0 Å². The highest BCUT2D eigenvalue weighted by Crippen LogP contribution is 2.23. The lowest BCUT2D eigenvalue weighted by Gasteiger charge is -2.31. The number of amides is 1. The number of carbonyl (C=O) groups excluding carboxylic acids is 1. The molecule has 0 bridgehead atoms. The summed E-state index contributed by atoms with van der Waals surface area (Å²) in [6, 6.07) is 18.7. The fourth-order valence-corrected chi connectivity index (χ4v) is 3.16. The first-order chi connectivity index (χ1) is 12.1. The average molecular weight is 334 g/mol. The Morgan fingerprint density at radius 2 is 1.84 bits per heavy atom. The fourth-order valence-electron chi connectivity index (χ4n) is 3.16. The molecule has 0 aliphatic carbocycles. The minimum atomic E-state index is -0.112. The van der Waals surface area contributed by atoms with Crippen LogP contribution in [-0.4, -0.2) is 29.9 Å². The predicted octanol–water partition coefficient (Wildman–Crippen LogP) is 3.79. The average Bonchev–Trinajstić information content (AvgIpc) is 2.67. The number of carbonyl (C=O) groups is 1. The van der Waals surface area contributed by atoms with Gasteiger partial charge in [-0.2, -0.15) is 0 Å². The molecule has 130 valence electrons. The van der Waals surface area contributed by atoms with Crippen molar-refractivity contribution in [1.29, 1.82) is 0 Å². The van der Waals surface area contributed by atoms with Crippen molar-refractivity contribution in [3.05, 3.63) is 77.4 Å². The molecule has 1 aliphatic heterocycles. The van der Waals surface area contributed by atoms with Crippen LogP contribution in [0.15, 0.2) is 60.7 Å². The highest BCUT2D eigenvalue weighted by atomic mass is 16.2. The molecule has 3 heteroatoms. The lowest BCUT2D eigenvalue weighted by Crippen LogP contribution is -2.46. The SMILES string of the molecule is Cc1ccc(CNC(=O)[C@@H](C)N2CC=C(c3ccccc3)CC2)cc1. The maximum Gasteiger partial charge on any atom is 0.237 e. The van der Waals surface area contributed by atoms with Crippen LogP contribution in [-0.2, 0) is 11.3 Å². The Kier molecular flexibility index (Phi) is 5.67. The van der Waals surface area contributed by atoms with Gasteiger partial charge in [-0.05, 0) is 37.0 Å². The zero-order valence-corrected chi connectivity index (χ0v) is 15.0. The third-order valence-electron chi connectivity index (χ3n) is 4.90. The van der Waals surface area contributed by atoms with Crippen LogP contribution in [0.25, 0.3) is 5.57 Å². The molecular weight excluding hydrogens is 308 g/mol. The van der Waals surface area contributed by atoms with Gasteiger partial charge in [-0.1, -0.05) is 66.2 Å². The van der Waals surface area contributed by atoms with Gasteiger partial charge >= 0.3 is 0 Å². The van der Waals surface area contributed by atoms with E-state index in [2.05, 4.69) is 71.7 Å². The predicted molar refractivity (Wildman–Crippen MR) is 103 cm³/mol. The molecule has 0 radical (unpaired) electrons. The molecule has 1 heterocycles. The van der Waals surface area contributed by atoms with E-state index in [1.807, 2.05) is 13.0 Å². The van der Waals surface area contributed by atoms with Gasteiger partial charge in [0.15, 0.2) is 0 Å². The van der Waals surface area contributed by atoms with E-state index < -0.39 is 0 Å². The van der Waals surface area contributed by atoms with Gasteiger partial charge in [-0.15, -0.1) is 0 Å². The number of nitrogens with zero attached hydrogens (tertiary/aromatic N) is 1. The van der Waals surface area contributed by atoms with Crippen molar-refractivity contribution in [2.75, 3.05) is 13.1 Å². The number of benzene rings is 2. The van der Waals surface area contributed by atoms with E-state index in [1.54, 1.807) is 0 Å². The fraction of sp³-hybridized carbons (Fsp3) is 0.318. The molecule has 25 heavy (non-hydrogen) atoms. The zero-order valence-electron chi connectivity index (χ0n) is 15.0. The van der Waals surface area contributed by atoms with E-state index >= 15 is 0 Å². The standard InChI is InChI=1S/C22H26N2O/c1-17-8-10-19(11-9-17)16-23-22(25)18(2)24-14-12-21(13-15-24)20-6-4-3-5-7-20/h3-12,18H,13-16H2,1-2H3,(H,23,25)/t18-/m1/s1. The molecule has 0 aromatic heterocycles. The van der Waals surface area contributed by atoms with Crippen molar-refractivity contribution in [1.82, 2.24) is 10.2 Å². The Labute approximate surface area is 150 Å². The van der Waals surface area contributed by atoms with Crippen LogP contribution in [0.1, 0.15) is 30.0 Å². The largest absolute Gasteiger partial charge is 0.351 e. The van der Waals surface area contributed by atoms with Gasteiger partial charge in [0.25, 0.3) is 0 Å². The molecule has 0 saturated carbocycles. The van der Waals surface area contributed by atoms with Gasteiger partial charge in [0.2, 0.25) is 5.91 Å². The van der Waals surface area contributed by atoms with Crippen LogP contribution in [0.2, 0.25) is 0 Å². The van der Waals surface area contributed by atoms with Gasteiger partial charge in [0.1, 0.15) is 0 Å². The van der Waals surface area contributed by atoms with Gasteiger partial charge in [0, 0.05) is 19.6 Å². The Bertz CT molecular complexity index is 734. The number of nitrogens with one attached hydrogen (secondary N) is 1. The monoisotopic (exact) mass is 334 g/mol. The second-order valence-electron chi connectivity index (χ2n) is 6.72. The summed E-state index contributed by atoms with van der Waals surface area (Å²) in [4.78, 5) is 14.7. The maximum atomic E-state index is 12.5. The molecule has 3 nitrogen and oxygen atoms in total. The van der Waals surface area contributed by atoms with E-state index in [0.717, 1.165) is 25.1 Å². The molecule has 2 aromatic carbocycles.